The first-order chi connectivity index (χ1) is 11.8. The minimum atomic E-state index is -4.43. The van der Waals surface area contributed by atoms with Gasteiger partial charge in [0.25, 0.3) is 5.91 Å². The van der Waals surface area contributed by atoms with E-state index in [4.69, 9.17) is 4.74 Å². The molecular weight excluding hydrogens is 333 g/mol. The Morgan fingerprint density at radius 3 is 2.44 bits per heavy atom. The summed E-state index contributed by atoms with van der Waals surface area (Å²) in [5, 5.41) is 2.51. The maximum Gasteiger partial charge on any atom is 0.416 e. The van der Waals surface area contributed by atoms with E-state index in [1.807, 2.05) is 31.3 Å². The van der Waals surface area contributed by atoms with Gasteiger partial charge in [0.1, 0.15) is 12.3 Å². The maximum atomic E-state index is 12.7. The third kappa shape index (κ3) is 5.79. The molecule has 0 saturated heterocycles. The number of alkyl halides is 3. The molecule has 7 heteroatoms. The van der Waals surface area contributed by atoms with Gasteiger partial charge in [-0.25, -0.2) is 0 Å². The van der Waals surface area contributed by atoms with E-state index in [9.17, 15) is 18.0 Å². The molecule has 0 radical (unpaired) electrons. The Hall–Kier alpha value is -2.54. The fourth-order valence-electron chi connectivity index (χ4n) is 2.41. The number of nitrogens with one attached hydrogen (secondary N) is 2. The summed E-state index contributed by atoms with van der Waals surface area (Å²) >= 11 is 0. The number of likely N-dealkylation sites (N-methyl/N-ethyl adjacent to an activating group) is 1. The highest BCUT2D eigenvalue weighted by molar-refractivity contribution is 5.91. The van der Waals surface area contributed by atoms with Gasteiger partial charge in [-0.3, -0.25) is 4.79 Å². The van der Waals surface area contributed by atoms with Gasteiger partial charge in [-0.05, 0) is 42.5 Å². The van der Waals surface area contributed by atoms with Crippen LogP contribution in [0.1, 0.15) is 11.1 Å². The molecule has 2 aromatic carbocycles. The normalized spacial score (nSPS) is 12.5. The van der Waals surface area contributed by atoms with Crippen molar-refractivity contribution in [1.29, 1.82) is 0 Å². The second-order valence-electron chi connectivity index (χ2n) is 5.79. The SMILES string of the molecule is COc1ccc(C[NH+](C)CC(=O)Nc2cccc(C(F)(F)F)c2)cc1. The molecule has 1 unspecified atom stereocenters. The van der Waals surface area contributed by atoms with Crippen molar-refractivity contribution in [2.45, 2.75) is 12.7 Å². The standard InChI is InChI=1S/C18H19F3N2O2/c1-23(11-13-6-8-16(25-2)9-7-13)12-17(24)22-15-5-3-4-14(10-15)18(19,20)21/h3-10H,11-12H2,1-2H3,(H,22,24)/p+1. The van der Waals surface area contributed by atoms with E-state index in [1.54, 1.807) is 7.11 Å². The Labute approximate surface area is 144 Å². The Kier molecular flexibility index (Phi) is 6.03. The molecule has 0 aliphatic heterocycles. The van der Waals surface area contributed by atoms with Crippen LogP contribution in [0.15, 0.2) is 48.5 Å². The van der Waals surface area contributed by atoms with E-state index in [1.165, 1.54) is 12.1 Å². The van der Waals surface area contributed by atoms with Crippen LogP contribution in [0.4, 0.5) is 18.9 Å². The van der Waals surface area contributed by atoms with Crippen LogP contribution in [0, 0.1) is 0 Å². The molecule has 2 aromatic rings. The molecule has 25 heavy (non-hydrogen) atoms. The van der Waals surface area contributed by atoms with Crippen LogP contribution in [0.5, 0.6) is 5.75 Å². The van der Waals surface area contributed by atoms with E-state index >= 15 is 0 Å². The lowest BCUT2D eigenvalue weighted by molar-refractivity contribution is -0.885. The van der Waals surface area contributed by atoms with Crippen molar-refractivity contribution in [2.24, 2.45) is 0 Å². The molecule has 134 valence electrons. The molecule has 1 amide bonds. The lowest BCUT2D eigenvalue weighted by atomic mass is 10.2. The van der Waals surface area contributed by atoms with Crippen molar-refractivity contribution in [3.05, 3.63) is 59.7 Å². The number of halogens is 3. The van der Waals surface area contributed by atoms with Crippen molar-refractivity contribution in [2.75, 3.05) is 26.0 Å². The zero-order chi connectivity index (χ0) is 18.4. The molecule has 2 N–H and O–H groups in total. The van der Waals surface area contributed by atoms with Crippen LogP contribution >= 0.6 is 0 Å². The van der Waals surface area contributed by atoms with Crippen LogP contribution in [0.25, 0.3) is 0 Å². The number of methoxy groups -OCH3 is 1. The first-order valence-electron chi connectivity index (χ1n) is 7.69. The smallest absolute Gasteiger partial charge is 0.416 e. The molecular formula is C18H20F3N2O2+. The zero-order valence-electron chi connectivity index (χ0n) is 14.0. The number of hydrogen-bond donors (Lipinski definition) is 2. The van der Waals surface area contributed by atoms with Crippen LogP contribution in [-0.2, 0) is 17.5 Å². The summed E-state index contributed by atoms with van der Waals surface area (Å²) in [5.41, 5.74) is 0.381. The molecule has 0 fully saturated rings. The molecule has 0 aliphatic carbocycles. The number of anilines is 1. The summed E-state index contributed by atoms with van der Waals surface area (Å²) in [4.78, 5) is 13.0. The predicted octanol–water partition coefficient (Wildman–Crippen LogP) is 2.37. The minimum Gasteiger partial charge on any atom is -0.497 e. The molecule has 0 heterocycles. The largest absolute Gasteiger partial charge is 0.497 e. The molecule has 0 bridgehead atoms. The summed E-state index contributed by atoms with van der Waals surface area (Å²) in [5.74, 6) is 0.411. The highest BCUT2D eigenvalue weighted by Gasteiger charge is 2.30. The molecule has 0 aliphatic rings. The number of hydrogen-bond acceptors (Lipinski definition) is 2. The minimum absolute atomic E-state index is 0.136. The number of benzene rings is 2. The summed E-state index contributed by atoms with van der Waals surface area (Å²) in [6.07, 6.45) is -4.43. The Morgan fingerprint density at radius 2 is 1.84 bits per heavy atom. The second-order valence-corrected chi connectivity index (χ2v) is 5.79. The monoisotopic (exact) mass is 353 g/mol. The average molecular weight is 353 g/mol. The highest BCUT2D eigenvalue weighted by Crippen LogP contribution is 2.30. The number of carbonyl (C=O) groups is 1. The maximum absolute atomic E-state index is 12.7. The highest BCUT2D eigenvalue weighted by atomic mass is 19.4. The number of ether oxygens (including phenoxy) is 1. The van der Waals surface area contributed by atoms with E-state index in [-0.39, 0.29) is 18.1 Å². The molecule has 0 saturated carbocycles. The van der Waals surface area contributed by atoms with Gasteiger partial charge in [-0.1, -0.05) is 6.07 Å². The van der Waals surface area contributed by atoms with Gasteiger partial charge in [0.05, 0.1) is 19.7 Å². The van der Waals surface area contributed by atoms with Gasteiger partial charge < -0.3 is 15.0 Å². The van der Waals surface area contributed by atoms with Gasteiger partial charge in [-0.15, -0.1) is 0 Å². The fraction of sp³-hybridized carbons (Fsp3) is 0.278. The Morgan fingerprint density at radius 1 is 1.16 bits per heavy atom. The van der Waals surface area contributed by atoms with Crippen molar-refractivity contribution >= 4 is 11.6 Å². The molecule has 2 rings (SSSR count). The first-order valence-corrected chi connectivity index (χ1v) is 7.69. The topological polar surface area (TPSA) is 42.8 Å². The van der Waals surface area contributed by atoms with Crippen molar-refractivity contribution in [1.82, 2.24) is 0 Å². The number of carbonyl (C=O) groups excluding carboxylic acids is 1. The molecule has 1 atom stereocenters. The predicted molar refractivity (Wildman–Crippen MR) is 88.5 cm³/mol. The zero-order valence-corrected chi connectivity index (χ0v) is 14.0. The van der Waals surface area contributed by atoms with Gasteiger partial charge in [0, 0.05) is 11.3 Å². The number of amides is 1. The van der Waals surface area contributed by atoms with E-state index < -0.39 is 11.7 Å². The Bertz CT molecular complexity index is 715. The average Bonchev–Trinajstić information content (AvgIpc) is 2.54. The third-order valence-corrected chi connectivity index (χ3v) is 3.60. The summed E-state index contributed by atoms with van der Waals surface area (Å²) in [6.45, 7) is 0.752. The molecule has 0 spiro atoms. The van der Waals surface area contributed by atoms with Gasteiger partial charge in [0.15, 0.2) is 6.54 Å². The van der Waals surface area contributed by atoms with Crippen molar-refractivity contribution in [3.63, 3.8) is 0 Å². The lowest BCUT2D eigenvalue weighted by Crippen LogP contribution is -3.08. The van der Waals surface area contributed by atoms with Gasteiger partial charge >= 0.3 is 6.18 Å². The molecule has 0 aromatic heterocycles. The lowest BCUT2D eigenvalue weighted by Gasteiger charge is -2.15. The summed E-state index contributed by atoms with van der Waals surface area (Å²) in [7, 11) is 3.43. The summed E-state index contributed by atoms with van der Waals surface area (Å²) in [6, 6.07) is 12.1. The Balaban J connectivity index is 1.90. The summed E-state index contributed by atoms with van der Waals surface area (Å²) < 4.78 is 43.1. The number of rotatable bonds is 6. The third-order valence-electron chi connectivity index (χ3n) is 3.60. The van der Waals surface area contributed by atoms with Crippen LogP contribution in [0.3, 0.4) is 0 Å². The van der Waals surface area contributed by atoms with Crippen LogP contribution < -0.4 is 15.0 Å². The quantitative estimate of drug-likeness (QED) is 0.837. The fourth-order valence-corrected chi connectivity index (χ4v) is 2.41. The first kappa shape index (κ1) is 18.8. The number of quaternary nitrogens is 1. The van der Waals surface area contributed by atoms with E-state index in [0.29, 0.717) is 6.54 Å². The van der Waals surface area contributed by atoms with E-state index in [2.05, 4.69) is 5.32 Å². The van der Waals surface area contributed by atoms with E-state index in [0.717, 1.165) is 28.3 Å². The van der Waals surface area contributed by atoms with Crippen molar-refractivity contribution in [3.8, 4) is 5.75 Å². The molecule has 4 nitrogen and oxygen atoms in total. The van der Waals surface area contributed by atoms with Gasteiger partial charge in [0.2, 0.25) is 0 Å². The van der Waals surface area contributed by atoms with Crippen LogP contribution in [-0.4, -0.2) is 26.6 Å². The van der Waals surface area contributed by atoms with Crippen LogP contribution in [0.2, 0.25) is 0 Å². The van der Waals surface area contributed by atoms with Crippen molar-refractivity contribution < 1.29 is 27.6 Å². The van der Waals surface area contributed by atoms with Gasteiger partial charge in [-0.2, -0.15) is 13.2 Å². The second kappa shape index (κ2) is 8.02.